The van der Waals surface area contributed by atoms with E-state index in [1.807, 2.05) is 0 Å². The number of benzene rings is 2. The monoisotopic (exact) mass is 613 g/mol. The maximum Gasteiger partial charge on any atom is 0.313 e. The smallest absolute Gasteiger partial charge is 0.313 e. The van der Waals surface area contributed by atoms with Gasteiger partial charge in [0.05, 0.1) is 18.5 Å². The van der Waals surface area contributed by atoms with E-state index in [4.69, 9.17) is 14.2 Å². The van der Waals surface area contributed by atoms with Gasteiger partial charge in [-0.25, -0.2) is 8.78 Å². The number of halogens is 2. The lowest BCUT2D eigenvalue weighted by atomic mass is 9.86. The zero-order chi connectivity index (χ0) is 31.4. The Balaban J connectivity index is 0.000000177. The number of aliphatic imine (C=N–C) groups is 1. The Kier molecular flexibility index (Phi) is 9.74. The van der Waals surface area contributed by atoms with E-state index in [1.165, 1.54) is 19.1 Å². The van der Waals surface area contributed by atoms with Gasteiger partial charge in [0.15, 0.2) is 24.6 Å². The fraction of sp³-hybridized carbons (Fsp3) is 0.484. The summed E-state index contributed by atoms with van der Waals surface area (Å²) < 4.78 is 44.6. The zero-order valence-corrected chi connectivity index (χ0v) is 23.8. The number of alkyl halides is 2. The Labute approximate surface area is 251 Å². The van der Waals surface area contributed by atoms with Crippen LogP contribution < -0.4 is 0 Å². The Bertz CT molecular complexity index is 1380. The number of aliphatic hydroxyl groups excluding tert-OH is 2. The number of hydrogen-bond acceptors (Lipinski definition) is 11. The van der Waals surface area contributed by atoms with Crippen LogP contribution in [0, 0.1) is 11.8 Å². The first-order valence-electron chi connectivity index (χ1n) is 14.4. The van der Waals surface area contributed by atoms with E-state index >= 15 is 0 Å². The van der Waals surface area contributed by atoms with Crippen LogP contribution in [0.25, 0.3) is 0 Å². The van der Waals surface area contributed by atoms with Crippen LogP contribution in [0.5, 0.6) is 0 Å². The maximum absolute atomic E-state index is 14.7. The first-order valence-corrected chi connectivity index (χ1v) is 14.4. The highest BCUT2D eigenvalue weighted by Gasteiger charge is 2.53. The van der Waals surface area contributed by atoms with Crippen molar-refractivity contribution >= 4 is 24.1 Å². The molecule has 0 aromatic heterocycles. The van der Waals surface area contributed by atoms with Crippen molar-refractivity contribution in [2.24, 2.45) is 27.1 Å². The minimum atomic E-state index is -1.79. The van der Waals surface area contributed by atoms with Crippen LogP contribution in [0.4, 0.5) is 8.78 Å². The normalized spacial score (nSPS) is 31.2. The second kappa shape index (κ2) is 13.7. The predicted molar refractivity (Wildman–Crippen MR) is 150 cm³/mol. The molecule has 2 fully saturated rings. The molecule has 234 valence electrons. The van der Waals surface area contributed by atoms with Crippen LogP contribution in [-0.4, -0.2) is 83.5 Å². The Morgan fingerprint density at radius 1 is 0.909 bits per heavy atom. The largest absolute Gasteiger partial charge is 0.459 e. The highest BCUT2D eigenvalue weighted by Crippen LogP contribution is 2.37. The number of aliphatic hydroxyl groups is 2. The van der Waals surface area contributed by atoms with Crippen molar-refractivity contribution in [2.75, 3.05) is 6.54 Å². The number of rotatable bonds is 7. The van der Waals surface area contributed by atoms with E-state index in [0.717, 1.165) is 0 Å². The Morgan fingerprint density at radius 3 is 2.11 bits per heavy atom. The third-order valence-electron chi connectivity index (χ3n) is 8.14. The number of hydrogen-bond donors (Lipinski definition) is 2. The Morgan fingerprint density at radius 2 is 1.50 bits per heavy atom. The predicted octanol–water partition coefficient (Wildman–Crippen LogP) is 3.20. The lowest BCUT2D eigenvalue weighted by molar-refractivity contribution is -0.200. The van der Waals surface area contributed by atoms with Crippen LogP contribution in [0.15, 0.2) is 75.9 Å². The summed E-state index contributed by atoms with van der Waals surface area (Å²) in [4.78, 5) is 39.4. The molecule has 11 nitrogen and oxygen atoms in total. The molecule has 0 saturated carbocycles. The summed E-state index contributed by atoms with van der Waals surface area (Å²) >= 11 is 0. The highest BCUT2D eigenvalue weighted by molar-refractivity contribution is 5.81. The summed E-state index contributed by atoms with van der Waals surface area (Å²) in [5, 5.41) is 28.3. The molecule has 0 spiro atoms. The van der Waals surface area contributed by atoms with Crippen molar-refractivity contribution in [3.8, 4) is 0 Å². The molecular formula is C31H33F2N3O8. The first-order chi connectivity index (χ1) is 21.2. The van der Waals surface area contributed by atoms with Gasteiger partial charge in [-0.2, -0.15) is 10.2 Å². The van der Waals surface area contributed by atoms with Crippen LogP contribution in [0.3, 0.4) is 0 Å². The summed E-state index contributed by atoms with van der Waals surface area (Å²) in [7, 11) is 0. The van der Waals surface area contributed by atoms with Crippen molar-refractivity contribution < 1.29 is 47.6 Å². The Hall–Kier alpha value is -4.10. The summed E-state index contributed by atoms with van der Waals surface area (Å²) in [6.45, 7) is 1.53. The van der Waals surface area contributed by atoms with Gasteiger partial charge in [-0.1, -0.05) is 60.7 Å². The van der Waals surface area contributed by atoms with Gasteiger partial charge in [0.25, 0.3) is 0 Å². The molecule has 5 unspecified atom stereocenters. The molecule has 44 heavy (non-hydrogen) atoms. The van der Waals surface area contributed by atoms with E-state index in [1.54, 1.807) is 54.7 Å². The number of esters is 3. The molecule has 6 rings (SSSR count). The van der Waals surface area contributed by atoms with Crippen LogP contribution >= 0.6 is 0 Å². The first kappa shape index (κ1) is 31.3. The van der Waals surface area contributed by atoms with Gasteiger partial charge in [-0.3, -0.25) is 19.4 Å². The molecule has 0 amide bonds. The molecule has 2 aromatic carbocycles. The third-order valence-corrected chi connectivity index (χ3v) is 8.14. The van der Waals surface area contributed by atoms with Crippen LogP contribution in [0.1, 0.15) is 43.2 Å². The third kappa shape index (κ3) is 6.68. The van der Waals surface area contributed by atoms with E-state index in [-0.39, 0.29) is 17.5 Å². The van der Waals surface area contributed by atoms with Crippen molar-refractivity contribution in [2.45, 2.75) is 74.7 Å². The van der Waals surface area contributed by atoms with Gasteiger partial charge >= 0.3 is 17.9 Å². The fourth-order valence-electron chi connectivity index (χ4n) is 5.80. The molecular weight excluding hydrogens is 580 g/mol. The highest BCUT2D eigenvalue weighted by atomic mass is 19.1. The molecule has 2 aromatic rings. The van der Waals surface area contributed by atoms with E-state index in [9.17, 15) is 33.4 Å². The number of ether oxygens (including phenoxy) is 3. The molecule has 4 heterocycles. The van der Waals surface area contributed by atoms with Crippen molar-refractivity contribution in [3.63, 3.8) is 0 Å². The van der Waals surface area contributed by atoms with Crippen LogP contribution in [-0.2, 0) is 28.6 Å². The average Bonchev–Trinajstić information content (AvgIpc) is 3.73. The molecule has 0 bridgehead atoms. The van der Waals surface area contributed by atoms with E-state index in [2.05, 4.69) is 15.2 Å². The topological polar surface area (TPSA) is 156 Å². The summed E-state index contributed by atoms with van der Waals surface area (Å²) in [6, 6.07) is 15.5. The second-order valence-electron chi connectivity index (χ2n) is 11.1. The number of cyclic esters (lactones) is 2. The minimum Gasteiger partial charge on any atom is -0.459 e. The zero-order valence-electron chi connectivity index (χ0n) is 23.8. The SMILES string of the molecule is CC(=O)OC1C2N=CCC2C(=O)O[C@H]1[C@@H](O)[C@H](F)c1ccccc1.O=C1O[C@@H]([C@@H](O)[C@H](F)c2ccccc2)CC2N=NCC12. The maximum atomic E-state index is 14.7. The lowest BCUT2D eigenvalue weighted by Gasteiger charge is -2.39. The van der Waals surface area contributed by atoms with Gasteiger partial charge < -0.3 is 24.4 Å². The van der Waals surface area contributed by atoms with Gasteiger partial charge in [0.1, 0.15) is 30.3 Å². The summed E-state index contributed by atoms with van der Waals surface area (Å²) in [5.74, 6) is -2.55. The number of nitrogens with zero attached hydrogens (tertiary/aromatic N) is 3. The number of fused-ring (bicyclic) bond motifs is 2. The second-order valence-corrected chi connectivity index (χ2v) is 11.1. The summed E-state index contributed by atoms with van der Waals surface area (Å²) in [5.41, 5.74) is 0.617. The van der Waals surface area contributed by atoms with E-state index < -0.39 is 72.7 Å². The van der Waals surface area contributed by atoms with Gasteiger partial charge in [-0.15, -0.1) is 0 Å². The fourth-order valence-corrected chi connectivity index (χ4v) is 5.80. The molecule has 2 saturated heterocycles. The number of carbonyl (C=O) groups is 3. The molecule has 0 radical (unpaired) electrons. The summed E-state index contributed by atoms with van der Waals surface area (Å²) in [6.07, 6.45) is -7.39. The molecule has 4 aliphatic rings. The van der Waals surface area contributed by atoms with Gasteiger partial charge in [0, 0.05) is 19.6 Å². The van der Waals surface area contributed by atoms with Crippen molar-refractivity contribution in [1.29, 1.82) is 0 Å². The number of azo groups is 1. The molecule has 2 N–H and O–H groups in total. The average molecular weight is 614 g/mol. The molecule has 11 atom stereocenters. The molecule has 4 aliphatic heterocycles. The quantitative estimate of drug-likeness (QED) is 0.356. The van der Waals surface area contributed by atoms with E-state index in [0.29, 0.717) is 24.9 Å². The standard InChI is InChI=1S/C17H18FNO5.C14H15FN2O3/c1-9(20)23-15-13-11(7-8-19-13)17(22)24-16(15)14(21)12(18)10-5-3-2-4-6-10;15-12(8-4-2-1-3-5-8)13(18)11-6-10-9(7-16-17-10)14(19)20-11/h2-6,8,11-16,21H,7H2,1H3;1-5,9-13,18H,6-7H2/t11?,12-,13?,14+,15?,16+;9?,10?,11-,12-,13-/m11/s1. The minimum absolute atomic E-state index is 0.250. The number of carbonyl (C=O) groups excluding carboxylic acids is 3. The molecule has 0 aliphatic carbocycles. The lowest BCUT2D eigenvalue weighted by Crippen LogP contribution is -2.57. The van der Waals surface area contributed by atoms with Gasteiger partial charge in [0.2, 0.25) is 0 Å². The van der Waals surface area contributed by atoms with Crippen molar-refractivity contribution in [1.82, 2.24) is 0 Å². The van der Waals surface area contributed by atoms with Gasteiger partial charge in [-0.05, 0) is 17.5 Å². The van der Waals surface area contributed by atoms with Crippen LogP contribution in [0.2, 0.25) is 0 Å². The molecule has 13 heteroatoms. The van der Waals surface area contributed by atoms with Crippen molar-refractivity contribution in [3.05, 3.63) is 71.8 Å².